The monoisotopic (exact) mass is 460 g/mol. The maximum absolute atomic E-state index is 14.7. The van der Waals surface area contributed by atoms with Crippen LogP contribution in [-0.4, -0.2) is 65.9 Å². The fraction of sp³-hybridized carbons (Fsp3) is 0.348. The lowest BCUT2D eigenvalue weighted by Crippen LogP contribution is -2.54. The van der Waals surface area contributed by atoms with Crippen LogP contribution < -0.4 is 5.32 Å². The third-order valence-electron chi connectivity index (χ3n) is 5.81. The van der Waals surface area contributed by atoms with E-state index in [0.29, 0.717) is 0 Å². The predicted molar refractivity (Wildman–Crippen MR) is 111 cm³/mol. The summed E-state index contributed by atoms with van der Waals surface area (Å²) in [4.78, 5) is 37.9. The zero-order valence-corrected chi connectivity index (χ0v) is 17.5. The van der Waals surface area contributed by atoms with Gasteiger partial charge in [-0.05, 0) is 12.1 Å². The van der Waals surface area contributed by atoms with Crippen molar-refractivity contribution in [2.24, 2.45) is 0 Å². The number of amides is 2. The van der Waals surface area contributed by atoms with Crippen molar-refractivity contribution in [2.75, 3.05) is 26.3 Å². The number of benzene rings is 2. The summed E-state index contributed by atoms with van der Waals surface area (Å²) in [6.45, 7) is 0.124. The van der Waals surface area contributed by atoms with Crippen molar-refractivity contribution in [1.29, 1.82) is 0 Å². The van der Waals surface area contributed by atoms with Gasteiger partial charge in [0.05, 0.1) is 19.8 Å². The van der Waals surface area contributed by atoms with Crippen molar-refractivity contribution in [2.45, 2.75) is 24.2 Å². The molecule has 2 heterocycles. The summed E-state index contributed by atoms with van der Waals surface area (Å²) in [5.41, 5.74) is -0.352. The summed E-state index contributed by atoms with van der Waals surface area (Å²) in [6, 6.07) is 10.8. The smallest absolute Gasteiger partial charge is 0.332 e. The summed E-state index contributed by atoms with van der Waals surface area (Å²) in [5.74, 6) is -7.12. The Morgan fingerprint density at radius 3 is 2.24 bits per heavy atom. The number of hydrogen-bond donors (Lipinski definition) is 2. The lowest BCUT2D eigenvalue weighted by molar-refractivity contribution is -0.191. The zero-order chi connectivity index (χ0) is 23.6. The molecule has 33 heavy (non-hydrogen) atoms. The fourth-order valence-electron chi connectivity index (χ4n) is 4.15. The highest BCUT2D eigenvalue weighted by Crippen LogP contribution is 2.37. The van der Waals surface area contributed by atoms with E-state index < -0.39 is 42.1 Å². The normalized spacial score (nSPS) is 19.6. The highest BCUT2D eigenvalue weighted by atomic mass is 19.3. The van der Waals surface area contributed by atoms with Crippen molar-refractivity contribution in [3.05, 3.63) is 71.3 Å². The molecule has 174 valence electrons. The first-order chi connectivity index (χ1) is 15.7. The lowest BCUT2D eigenvalue weighted by Gasteiger charge is -2.30. The molecule has 1 atom stereocenters. The Hall–Kier alpha value is -3.37. The van der Waals surface area contributed by atoms with Crippen LogP contribution in [0.5, 0.6) is 0 Å². The molecule has 2 amide bonds. The summed E-state index contributed by atoms with van der Waals surface area (Å²) < 4.78 is 40.3. The van der Waals surface area contributed by atoms with E-state index in [0.717, 1.165) is 17.0 Å². The highest BCUT2D eigenvalue weighted by Gasteiger charge is 2.57. The summed E-state index contributed by atoms with van der Waals surface area (Å²) in [5, 5.41) is 12.0. The van der Waals surface area contributed by atoms with E-state index in [4.69, 9.17) is 9.47 Å². The second-order valence-corrected chi connectivity index (χ2v) is 7.79. The predicted octanol–water partition coefficient (Wildman–Crippen LogP) is 1.99. The second kappa shape index (κ2) is 8.87. The van der Waals surface area contributed by atoms with E-state index in [-0.39, 0.29) is 42.9 Å². The van der Waals surface area contributed by atoms with Crippen LogP contribution in [0.4, 0.5) is 8.78 Å². The van der Waals surface area contributed by atoms with E-state index in [1.54, 1.807) is 6.07 Å². The molecule has 2 saturated heterocycles. The van der Waals surface area contributed by atoms with Gasteiger partial charge in [0.1, 0.15) is 0 Å². The SMILES string of the molecule is O=C(NCC(=O)N1CCC2(OCCO2)[C@H]1C(=O)O)c1ccc(C(F)(F)c2ccccc2)cc1. The molecule has 2 aliphatic heterocycles. The molecule has 0 unspecified atom stereocenters. The van der Waals surface area contributed by atoms with Crippen LogP contribution in [-0.2, 0) is 25.0 Å². The van der Waals surface area contributed by atoms with E-state index in [1.807, 2.05) is 0 Å². The average molecular weight is 460 g/mol. The molecule has 10 heteroatoms. The molecule has 2 aromatic rings. The van der Waals surface area contributed by atoms with Crippen molar-refractivity contribution in [1.82, 2.24) is 10.2 Å². The van der Waals surface area contributed by atoms with Crippen molar-refractivity contribution in [3.63, 3.8) is 0 Å². The number of rotatable bonds is 6. The van der Waals surface area contributed by atoms with E-state index in [2.05, 4.69) is 5.32 Å². The number of carboxylic acids is 1. The standard InChI is InChI=1S/C23H22F2N2O6/c24-23(25,16-4-2-1-3-5-16)17-8-6-15(7-9-17)20(29)26-14-18(28)27-11-10-22(19(27)21(30)31)32-12-13-33-22/h1-9,19H,10-14H2,(H,26,29)(H,30,31)/t19-/m1/s1. The number of carbonyl (C=O) groups is 3. The Morgan fingerprint density at radius 2 is 1.64 bits per heavy atom. The number of carbonyl (C=O) groups excluding carboxylic acids is 2. The Bertz CT molecular complexity index is 1040. The van der Waals surface area contributed by atoms with Crippen LogP contribution in [0, 0.1) is 0 Å². The molecular weight excluding hydrogens is 438 g/mol. The molecule has 2 aromatic carbocycles. The minimum Gasteiger partial charge on any atom is -0.480 e. The maximum Gasteiger partial charge on any atom is 0.332 e. The Balaban J connectivity index is 1.39. The summed E-state index contributed by atoms with van der Waals surface area (Å²) in [6.07, 6.45) is 0.209. The molecule has 0 aromatic heterocycles. The third-order valence-corrected chi connectivity index (χ3v) is 5.81. The fourth-order valence-corrected chi connectivity index (χ4v) is 4.15. The van der Waals surface area contributed by atoms with Gasteiger partial charge in [-0.15, -0.1) is 0 Å². The first-order valence-corrected chi connectivity index (χ1v) is 10.4. The molecule has 2 fully saturated rings. The number of nitrogens with one attached hydrogen (secondary N) is 1. The molecule has 8 nitrogen and oxygen atoms in total. The van der Waals surface area contributed by atoms with E-state index in [9.17, 15) is 28.3 Å². The van der Waals surface area contributed by atoms with Crippen LogP contribution in [0.25, 0.3) is 0 Å². The number of nitrogens with zero attached hydrogens (tertiary/aromatic N) is 1. The number of aliphatic carboxylic acids is 1. The summed E-state index contributed by atoms with van der Waals surface area (Å²) >= 11 is 0. The number of likely N-dealkylation sites (tertiary alicyclic amines) is 1. The Morgan fingerprint density at radius 1 is 1.03 bits per heavy atom. The topological polar surface area (TPSA) is 105 Å². The van der Waals surface area contributed by atoms with Crippen LogP contribution in [0.1, 0.15) is 27.9 Å². The van der Waals surface area contributed by atoms with Crippen LogP contribution in [0.2, 0.25) is 0 Å². The van der Waals surface area contributed by atoms with Gasteiger partial charge in [0, 0.05) is 29.7 Å². The molecule has 2 aliphatic rings. The molecule has 1 spiro atoms. The van der Waals surface area contributed by atoms with Gasteiger partial charge < -0.3 is 24.8 Å². The number of alkyl halides is 2. The van der Waals surface area contributed by atoms with Gasteiger partial charge >= 0.3 is 5.97 Å². The van der Waals surface area contributed by atoms with Gasteiger partial charge in [-0.1, -0.05) is 42.5 Å². The van der Waals surface area contributed by atoms with Crippen molar-refractivity contribution in [3.8, 4) is 0 Å². The van der Waals surface area contributed by atoms with Gasteiger partial charge in [0.15, 0.2) is 6.04 Å². The van der Waals surface area contributed by atoms with E-state index >= 15 is 0 Å². The molecule has 4 rings (SSSR count). The number of hydrogen-bond acceptors (Lipinski definition) is 5. The minimum absolute atomic E-state index is 0.0885. The second-order valence-electron chi connectivity index (χ2n) is 7.79. The highest BCUT2D eigenvalue weighted by molar-refractivity contribution is 5.97. The number of halogens is 2. The quantitative estimate of drug-likeness (QED) is 0.683. The van der Waals surface area contributed by atoms with Gasteiger partial charge in [0.25, 0.3) is 11.8 Å². The maximum atomic E-state index is 14.7. The van der Waals surface area contributed by atoms with Crippen LogP contribution >= 0.6 is 0 Å². The minimum atomic E-state index is -3.23. The number of ether oxygens (including phenoxy) is 2. The molecule has 0 aliphatic carbocycles. The summed E-state index contributed by atoms with van der Waals surface area (Å²) in [7, 11) is 0. The largest absolute Gasteiger partial charge is 0.480 e. The number of carboxylic acid groups (broad SMARTS) is 1. The molecule has 0 bridgehead atoms. The van der Waals surface area contributed by atoms with Gasteiger partial charge in [-0.25, -0.2) is 4.79 Å². The van der Waals surface area contributed by atoms with Crippen molar-refractivity contribution >= 4 is 17.8 Å². The van der Waals surface area contributed by atoms with Crippen molar-refractivity contribution < 1.29 is 37.7 Å². The third kappa shape index (κ3) is 4.31. The molecule has 2 N–H and O–H groups in total. The zero-order valence-electron chi connectivity index (χ0n) is 17.5. The lowest BCUT2D eigenvalue weighted by atomic mass is 9.99. The van der Waals surface area contributed by atoms with Crippen LogP contribution in [0.15, 0.2) is 54.6 Å². The Labute approximate surface area is 188 Å². The molecule has 0 radical (unpaired) electrons. The molecule has 0 saturated carbocycles. The first kappa shape index (κ1) is 22.8. The van der Waals surface area contributed by atoms with Gasteiger partial charge in [0.2, 0.25) is 11.7 Å². The van der Waals surface area contributed by atoms with Gasteiger partial charge in [-0.3, -0.25) is 9.59 Å². The van der Waals surface area contributed by atoms with Gasteiger partial charge in [-0.2, -0.15) is 8.78 Å². The average Bonchev–Trinajstić information content (AvgIpc) is 3.45. The Kier molecular flexibility index (Phi) is 6.13. The van der Waals surface area contributed by atoms with Crippen LogP contribution in [0.3, 0.4) is 0 Å². The molecular formula is C23H22F2N2O6. The van der Waals surface area contributed by atoms with E-state index in [1.165, 1.54) is 36.4 Å². The first-order valence-electron chi connectivity index (χ1n) is 10.4.